The first-order valence-corrected chi connectivity index (χ1v) is 11.5. The van der Waals surface area contributed by atoms with Gasteiger partial charge in [-0.2, -0.15) is 4.31 Å². The molecule has 0 aliphatic carbocycles. The third-order valence-corrected chi connectivity index (χ3v) is 6.99. The van der Waals surface area contributed by atoms with Gasteiger partial charge in [0, 0.05) is 19.7 Å². The van der Waals surface area contributed by atoms with Gasteiger partial charge in [-0.15, -0.1) is 0 Å². The summed E-state index contributed by atoms with van der Waals surface area (Å²) in [5.74, 6) is -0.248. The lowest BCUT2D eigenvalue weighted by Crippen LogP contribution is -2.51. The molecule has 1 fully saturated rings. The maximum absolute atomic E-state index is 13.0. The summed E-state index contributed by atoms with van der Waals surface area (Å²) < 4.78 is 32.8. The van der Waals surface area contributed by atoms with Gasteiger partial charge >= 0.3 is 0 Å². The van der Waals surface area contributed by atoms with Gasteiger partial charge in [-0.05, 0) is 43.0 Å². The molecule has 0 spiro atoms. The van der Waals surface area contributed by atoms with Crippen molar-refractivity contribution in [2.75, 3.05) is 13.2 Å². The fourth-order valence-electron chi connectivity index (χ4n) is 3.46. The average Bonchev–Trinajstić information content (AvgIpc) is 2.77. The van der Waals surface area contributed by atoms with Crippen LogP contribution in [0.5, 0.6) is 0 Å². The van der Waals surface area contributed by atoms with Crippen molar-refractivity contribution in [3.63, 3.8) is 0 Å². The summed E-state index contributed by atoms with van der Waals surface area (Å²) in [6.07, 6.45) is 2.13. The van der Waals surface area contributed by atoms with Crippen molar-refractivity contribution >= 4 is 15.9 Å². The summed E-state index contributed by atoms with van der Waals surface area (Å²) in [6, 6.07) is 15.5. The lowest BCUT2D eigenvalue weighted by Gasteiger charge is -2.33. The summed E-state index contributed by atoms with van der Waals surface area (Å²) in [5.41, 5.74) is 2.04. The van der Waals surface area contributed by atoms with Gasteiger partial charge in [0.25, 0.3) is 0 Å². The summed E-state index contributed by atoms with van der Waals surface area (Å²) >= 11 is 0. The van der Waals surface area contributed by atoms with Crippen LogP contribution in [0.4, 0.5) is 0 Å². The molecule has 1 saturated heterocycles. The van der Waals surface area contributed by atoms with E-state index in [1.165, 1.54) is 4.31 Å². The number of hydrogen-bond donors (Lipinski definition) is 1. The van der Waals surface area contributed by atoms with Crippen LogP contribution in [0.15, 0.2) is 59.5 Å². The van der Waals surface area contributed by atoms with E-state index in [0.717, 1.165) is 24.0 Å². The Morgan fingerprint density at radius 2 is 1.76 bits per heavy atom. The van der Waals surface area contributed by atoms with Gasteiger partial charge in [0.1, 0.15) is 6.04 Å². The molecule has 7 heteroatoms. The quantitative estimate of drug-likeness (QED) is 0.718. The molecule has 0 bridgehead atoms. The standard InChI is InChI=1S/C22H28N2O4S/c1-2-28-17-19-13-11-18(12-14-19)16-23-22(25)21-10-6-7-15-24(21)29(26,27)20-8-4-3-5-9-20/h3-5,8-9,11-14,21H,2,6-7,10,15-17H2,1H3,(H,23,25). The van der Waals surface area contributed by atoms with E-state index in [1.807, 2.05) is 31.2 Å². The Bertz CT molecular complexity index is 898. The first-order valence-electron chi connectivity index (χ1n) is 10.0. The number of amides is 1. The summed E-state index contributed by atoms with van der Waals surface area (Å²) in [5, 5.41) is 2.91. The molecular formula is C22H28N2O4S. The van der Waals surface area contributed by atoms with E-state index in [9.17, 15) is 13.2 Å². The van der Waals surface area contributed by atoms with Crippen LogP contribution in [-0.2, 0) is 32.7 Å². The number of carbonyl (C=O) groups is 1. The van der Waals surface area contributed by atoms with Gasteiger partial charge in [0.2, 0.25) is 15.9 Å². The highest BCUT2D eigenvalue weighted by atomic mass is 32.2. The molecule has 29 heavy (non-hydrogen) atoms. The molecule has 1 N–H and O–H groups in total. The normalized spacial score (nSPS) is 17.8. The largest absolute Gasteiger partial charge is 0.377 e. The number of nitrogens with one attached hydrogen (secondary N) is 1. The second kappa shape index (κ2) is 10.0. The molecule has 1 amide bonds. The molecule has 1 atom stereocenters. The molecule has 1 aliphatic rings. The van der Waals surface area contributed by atoms with Gasteiger partial charge in [-0.25, -0.2) is 8.42 Å². The Hall–Kier alpha value is -2.22. The lowest BCUT2D eigenvalue weighted by atomic mass is 10.0. The van der Waals surface area contributed by atoms with Crippen LogP contribution < -0.4 is 5.32 Å². The predicted molar refractivity (Wildman–Crippen MR) is 112 cm³/mol. The predicted octanol–water partition coefficient (Wildman–Crippen LogP) is 3.08. The fraction of sp³-hybridized carbons (Fsp3) is 0.409. The van der Waals surface area contributed by atoms with Gasteiger partial charge in [-0.3, -0.25) is 4.79 Å². The number of carbonyl (C=O) groups excluding carboxylic acids is 1. The Kier molecular flexibility index (Phi) is 7.41. The SMILES string of the molecule is CCOCc1ccc(CNC(=O)C2CCCCN2S(=O)(=O)c2ccccc2)cc1. The molecule has 1 unspecified atom stereocenters. The number of benzene rings is 2. The molecular weight excluding hydrogens is 388 g/mol. The first kappa shape index (κ1) is 21.5. The number of ether oxygens (including phenoxy) is 1. The van der Waals surface area contributed by atoms with Crippen molar-refractivity contribution in [2.24, 2.45) is 0 Å². The maximum Gasteiger partial charge on any atom is 0.243 e. The third kappa shape index (κ3) is 5.44. The molecule has 0 aromatic heterocycles. The highest BCUT2D eigenvalue weighted by Crippen LogP contribution is 2.25. The van der Waals surface area contributed by atoms with E-state index >= 15 is 0 Å². The highest BCUT2D eigenvalue weighted by Gasteiger charge is 2.37. The first-order chi connectivity index (χ1) is 14.0. The van der Waals surface area contributed by atoms with E-state index in [2.05, 4.69) is 5.32 Å². The van der Waals surface area contributed by atoms with Crippen LogP contribution in [0.2, 0.25) is 0 Å². The van der Waals surface area contributed by atoms with E-state index < -0.39 is 16.1 Å². The zero-order valence-corrected chi connectivity index (χ0v) is 17.5. The zero-order valence-electron chi connectivity index (χ0n) is 16.7. The molecule has 3 rings (SSSR count). The van der Waals surface area contributed by atoms with Crippen molar-refractivity contribution < 1.29 is 17.9 Å². The second-order valence-corrected chi connectivity index (χ2v) is 9.00. The van der Waals surface area contributed by atoms with Crippen LogP contribution in [0.1, 0.15) is 37.3 Å². The Balaban J connectivity index is 1.65. The van der Waals surface area contributed by atoms with Crippen molar-refractivity contribution in [1.29, 1.82) is 0 Å². The molecule has 156 valence electrons. The average molecular weight is 417 g/mol. The van der Waals surface area contributed by atoms with Gasteiger partial charge in [0.05, 0.1) is 11.5 Å². The number of rotatable bonds is 8. The number of piperidine rings is 1. The minimum atomic E-state index is -3.70. The van der Waals surface area contributed by atoms with Crippen LogP contribution in [0, 0.1) is 0 Å². The summed E-state index contributed by atoms with van der Waals surface area (Å²) in [7, 11) is -3.70. The number of hydrogen-bond acceptors (Lipinski definition) is 4. The molecule has 1 aliphatic heterocycles. The summed E-state index contributed by atoms with van der Waals surface area (Å²) in [6.45, 7) is 3.92. The van der Waals surface area contributed by atoms with Gasteiger partial charge < -0.3 is 10.1 Å². The second-order valence-electron chi connectivity index (χ2n) is 7.11. The smallest absolute Gasteiger partial charge is 0.243 e. The maximum atomic E-state index is 13.0. The highest BCUT2D eigenvalue weighted by molar-refractivity contribution is 7.89. The van der Waals surface area contributed by atoms with Crippen LogP contribution >= 0.6 is 0 Å². The summed E-state index contributed by atoms with van der Waals surface area (Å²) in [4.78, 5) is 13.1. The monoisotopic (exact) mass is 416 g/mol. The minimum absolute atomic E-state index is 0.226. The molecule has 0 saturated carbocycles. The molecule has 2 aromatic rings. The van der Waals surface area contributed by atoms with E-state index in [-0.39, 0.29) is 10.8 Å². The molecule has 2 aromatic carbocycles. The van der Waals surface area contributed by atoms with Crippen LogP contribution in [0.25, 0.3) is 0 Å². The van der Waals surface area contributed by atoms with Crippen molar-refractivity contribution in [3.05, 3.63) is 65.7 Å². The van der Waals surface area contributed by atoms with Crippen molar-refractivity contribution in [1.82, 2.24) is 9.62 Å². The Morgan fingerprint density at radius 1 is 1.07 bits per heavy atom. The number of sulfonamides is 1. The fourth-order valence-corrected chi connectivity index (χ4v) is 5.14. The Labute approximate surface area is 172 Å². The lowest BCUT2D eigenvalue weighted by molar-refractivity contribution is -0.125. The minimum Gasteiger partial charge on any atom is -0.377 e. The topological polar surface area (TPSA) is 75.7 Å². The van der Waals surface area contributed by atoms with E-state index in [0.29, 0.717) is 32.7 Å². The van der Waals surface area contributed by atoms with Gasteiger partial charge in [-0.1, -0.05) is 48.9 Å². The molecule has 0 radical (unpaired) electrons. The van der Waals surface area contributed by atoms with E-state index in [4.69, 9.17) is 4.74 Å². The van der Waals surface area contributed by atoms with Gasteiger partial charge in [0.15, 0.2) is 0 Å². The number of nitrogens with zero attached hydrogens (tertiary/aromatic N) is 1. The Morgan fingerprint density at radius 3 is 2.45 bits per heavy atom. The molecule has 6 nitrogen and oxygen atoms in total. The zero-order chi connectivity index (χ0) is 20.7. The van der Waals surface area contributed by atoms with Crippen molar-refractivity contribution in [2.45, 2.75) is 50.3 Å². The molecule has 1 heterocycles. The third-order valence-electron chi connectivity index (χ3n) is 5.07. The van der Waals surface area contributed by atoms with E-state index in [1.54, 1.807) is 30.3 Å². The van der Waals surface area contributed by atoms with Crippen LogP contribution in [0.3, 0.4) is 0 Å². The van der Waals surface area contributed by atoms with Crippen LogP contribution in [-0.4, -0.2) is 37.8 Å². The van der Waals surface area contributed by atoms with Crippen molar-refractivity contribution in [3.8, 4) is 0 Å².